The van der Waals surface area contributed by atoms with Crippen LogP contribution in [0.3, 0.4) is 0 Å². The maximum atomic E-state index is 5.93. The second-order valence-electron chi connectivity index (χ2n) is 4.92. The Labute approximate surface area is 113 Å². The fraction of sp³-hybridized carbons (Fsp3) is 1.00. The summed E-state index contributed by atoms with van der Waals surface area (Å²) >= 11 is 1.94. The molecule has 0 aromatic heterocycles. The van der Waals surface area contributed by atoms with Crippen molar-refractivity contribution in [3.8, 4) is 0 Å². The Bertz CT molecular complexity index is 164. The van der Waals surface area contributed by atoms with Crippen molar-refractivity contribution in [3.63, 3.8) is 0 Å². The van der Waals surface area contributed by atoms with Crippen LogP contribution >= 0.6 is 11.8 Å². The van der Waals surface area contributed by atoms with Crippen molar-refractivity contribution in [2.45, 2.75) is 64.5 Å². The molecular weight excluding hydrogens is 228 g/mol. The maximum Gasteiger partial charge on any atom is 0.0218 e. The molecule has 3 heteroatoms. The molecule has 2 unspecified atom stereocenters. The summed E-state index contributed by atoms with van der Waals surface area (Å²) in [6, 6.07) is 1.26. The van der Waals surface area contributed by atoms with Gasteiger partial charge in [-0.1, -0.05) is 39.5 Å². The predicted molar refractivity (Wildman–Crippen MR) is 81.8 cm³/mol. The van der Waals surface area contributed by atoms with Gasteiger partial charge in [-0.15, -0.1) is 0 Å². The van der Waals surface area contributed by atoms with Crippen LogP contribution in [0.2, 0.25) is 0 Å². The van der Waals surface area contributed by atoms with E-state index in [1.165, 1.54) is 44.3 Å². The second kappa shape index (κ2) is 11.4. The van der Waals surface area contributed by atoms with E-state index in [2.05, 4.69) is 32.1 Å². The number of likely N-dealkylation sites (N-methyl/N-ethyl adjacent to an activating group) is 1. The maximum absolute atomic E-state index is 5.93. The van der Waals surface area contributed by atoms with Gasteiger partial charge in [-0.3, -0.25) is 4.90 Å². The van der Waals surface area contributed by atoms with Gasteiger partial charge in [0.05, 0.1) is 0 Å². The predicted octanol–water partition coefficient (Wildman–Crippen LogP) is 3.36. The molecule has 0 amide bonds. The Morgan fingerprint density at radius 2 is 1.82 bits per heavy atom. The minimum Gasteiger partial charge on any atom is -0.329 e. The first kappa shape index (κ1) is 17.3. The Morgan fingerprint density at radius 1 is 1.12 bits per heavy atom. The normalized spacial score (nSPS) is 15.2. The fourth-order valence-corrected chi connectivity index (χ4v) is 3.16. The van der Waals surface area contributed by atoms with Gasteiger partial charge in [-0.05, 0) is 26.1 Å². The molecule has 0 spiro atoms. The van der Waals surface area contributed by atoms with Crippen LogP contribution in [0.1, 0.15) is 52.4 Å². The van der Waals surface area contributed by atoms with Crippen LogP contribution in [0, 0.1) is 0 Å². The number of nitrogens with zero attached hydrogens (tertiary/aromatic N) is 1. The van der Waals surface area contributed by atoms with Gasteiger partial charge in [0.25, 0.3) is 0 Å². The molecule has 0 aliphatic carbocycles. The number of rotatable bonds is 11. The molecule has 0 saturated carbocycles. The van der Waals surface area contributed by atoms with E-state index in [1.54, 1.807) is 0 Å². The highest BCUT2D eigenvalue weighted by Gasteiger charge is 2.19. The number of hydrogen-bond acceptors (Lipinski definition) is 3. The van der Waals surface area contributed by atoms with Crippen molar-refractivity contribution in [3.05, 3.63) is 0 Å². The molecule has 0 radical (unpaired) electrons. The molecule has 0 aromatic rings. The summed E-state index contributed by atoms with van der Waals surface area (Å²) < 4.78 is 0. The zero-order valence-electron chi connectivity index (χ0n) is 12.2. The van der Waals surface area contributed by atoms with E-state index in [-0.39, 0.29) is 0 Å². The Balaban J connectivity index is 4.03. The van der Waals surface area contributed by atoms with Crippen LogP contribution in [-0.2, 0) is 0 Å². The quantitative estimate of drug-likeness (QED) is 0.578. The summed E-state index contributed by atoms with van der Waals surface area (Å²) in [5.74, 6) is 1.22. The van der Waals surface area contributed by atoms with Crippen LogP contribution < -0.4 is 5.73 Å². The number of thioether (sulfide) groups is 1. The van der Waals surface area contributed by atoms with E-state index in [1.807, 2.05) is 11.8 Å². The fourth-order valence-electron chi connectivity index (χ4n) is 2.31. The lowest BCUT2D eigenvalue weighted by Crippen LogP contribution is -2.45. The van der Waals surface area contributed by atoms with Crippen LogP contribution in [0.25, 0.3) is 0 Å². The molecule has 0 aromatic carbocycles. The van der Waals surface area contributed by atoms with Gasteiger partial charge in [-0.2, -0.15) is 11.8 Å². The lowest BCUT2D eigenvalue weighted by atomic mass is 10.0. The van der Waals surface area contributed by atoms with E-state index >= 15 is 0 Å². The number of nitrogens with two attached hydrogens (primary N) is 1. The van der Waals surface area contributed by atoms with E-state index in [0.717, 1.165) is 6.54 Å². The van der Waals surface area contributed by atoms with Gasteiger partial charge in [-0.25, -0.2) is 0 Å². The largest absolute Gasteiger partial charge is 0.329 e. The lowest BCUT2D eigenvalue weighted by Gasteiger charge is -2.34. The monoisotopic (exact) mass is 260 g/mol. The topological polar surface area (TPSA) is 29.3 Å². The molecule has 0 saturated heterocycles. The standard InChI is InChI=1S/C14H32N2S/c1-5-7-8-9-10-14(11-15)16(3)13(6-2)12-17-4/h13-14H,5-12,15H2,1-4H3. The highest BCUT2D eigenvalue weighted by molar-refractivity contribution is 7.98. The zero-order chi connectivity index (χ0) is 13.1. The first-order valence-electron chi connectivity index (χ1n) is 7.12. The minimum atomic E-state index is 0.573. The molecule has 0 aliphatic rings. The third-order valence-corrected chi connectivity index (χ3v) is 4.36. The molecular formula is C14H32N2S. The number of unbranched alkanes of at least 4 members (excludes halogenated alkanes) is 3. The molecule has 0 fully saturated rings. The molecule has 0 rings (SSSR count). The van der Waals surface area contributed by atoms with Crippen molar-refractivity contribution in [1.29, 1.82) is 0 Å². The molecule has 0 heterocycles. The van der Waals surface area contributed by atoms with Gasteiger partial charge in [0.2, 0.25) is 0 Å². The third kappa shape index (κ3) is 7.32. The van der Waals surface area contributed by atoms with Gasteiger partial charge >= 0.3 is 0 Å². The Hall–Kier alpha value is 0.270. The first-order valence-corrected chi connectivity index (χ1v) is 8.51. The average Bonchev–Trinajstić information content (AvgIpc) is 2.35. The van der Waals surface area contributed by atoms with E-state index in [9.17, 15) is 0 Å². The molecule has 2 N–H and O–H groups in total. The van der Waals surface area contributed by atoms with Crippen molar-refractivity contribution in [1.82, 2.24) is 4.90 Å². The van der Waals surface area contributed by atoms with Crippen LogP contribution in [0.4, 0.5) is 0 Å². The van der Waals surface area contributed by atoms with Crippen molar-refractivity contribution >= 4 is 11.8 Å². The zero-order valence-corrected chi connectivity index (χ0v) is 13.1. The summed E-state index contributed by atoms with van der Waals surface area (Å²) in [7, 11) is 2.25. The molecule has 0 aliphatic heterocycles. The highest BCUT2D eigenvalue weighted by atomic mass is 32.2. The molecule has 2 nitrogen and oxygen atoms in total. The van der Waals surface area contributed by atoms with Crippen LogP contribution in [-0.4, -0.2) is 42.6 Å². The third-order valence-electron chi connectivity index (χ3n) is 3.65. The minimum absolute atomic E-state index is 0.573. The van der Waals surface area contributed by atoms with E-state index in [0.29, 0.717) is 12.1 Å². The summed E-state index contributed by atoms with van der Waals surface area (Å²) in [6.45, 7) is 5.34. The molecule has 104 valence electrons. The van der Waals surface area contributed by atoms with Gasteiger partial charge in [0, 0.05) is 24.4 Å². The lowest BCUT2D eigenvalue weighted by molar-refractivity contribution is 0.175. The summed E-state index contributed by atoms with van der Waals surface area (Å²) in [5.41, 5.74) is 5.93. The Kier molecular flexibility index (Phi) is 11.5. The molecule has 0 bridgehead atoms. The Morgan fingerprint density at radius 3 is 2.29 bits per heavy atom. The first-order chi connectivity index (χ1) is 8.21. The SMILES string of the molecule is CCCCCCC(CN)N(C)C(CC)CSC. The van der Waals surface area contributed by atoms with Crippen LogP contribution in [0.5, 0.6) is 0 Å². The van der Waals surface area contributed by atoms with Crippen molar-refractivity contribution < 1.29 is 0 Å². The van der Waals surface area contributed by atoms with Gasteiger partial charge in [0.1, 0.15) is 0 Å². The summed E-state index contributed by atoms with van der Waals surface area (Å²) in [5, 5.41) is 0. The molecule has 2 atom stereocenters. The van der Waals surface area contributed by atoms with Gasteiger partial charge in [0.15, 0.2) is 0 Å². The highest BCUT2D eigenvalue weighted by Crippen LogP contribution is 2.15. The van der Waals surface area contributed by atoms with Crippen LogP contribution in [0.15, 0.2) is 0 Å². The van der Waals surface area contributed by atoms with Crippen molar-refractivity contribution in [2.75, 3.05) is 25.6 Å². The second-order valence-corrected chi connectivity index (χ2v) is 5.83. The summed E-state index contributed by atoms with van der Waals surface area (Å²) in [6.07, 6.45) is 10.0. The smallest absolute Gasteiger partial charge is 0.0218 e. The van der Waals surface area contributed by atoms with E-state index in [4.69, 9.17) is 5.73 Å². The molecule has 17 heavy (non-hydrogen) atoms. The van der Waals surface area contributed by atoms with Crippen molar-refractivity contribution in [2.24, 2.45) is 5.73 Å². The van der Waals surface area contributed by atoms with Gasteiger partial charge < -0.3 is 5.73 Å². The summed E-state index contributed by atoms with van der Waals surface area (Å²) in [4.78, 5) is 2.52. The van der Waals surface area contributed by atoms with E-state index < -0.39 is 0 Å². The number of hydrogen-bond donors (Lipinski definition) is 1. The average molecular weight is 260 g/mol.